The zero-order chi connectivity index (χ0) is 18.8. The average Bonchev–Trinajstić information content (AvgIpc) is 3.14. The van der Waals surface area contributed by atoms with E-state index >= 15 is 0 Å². The molecule has 0 saturated carbocycles. The average molecular weight is 381 g/mol. The number of halogens is 1. The van der Waals surface area contributed by atoms with Crippen LogP contribution >= 0.6 is 11.6 Å². The quantitative estimate of drug-likeness (QED) is 0.723. The fraction of sp³-hybridized carbons (Fsp3) is 0.286. The zero-order valence-corrected chi connectivity index (χ0v) is 15.9. The molecule has 1 aliphatic heterocycles. The minimum absolute atomic E-state index is 0.233. The third kappa shape index (κ3) is 3.47. The Morgan fingerprint density at radius 3 is 2.59 bits per heavy atom. The molecule has 0 spiro atoms. The summed E-state index contributed by atoms with van der Waals surface area (Å²) in [5.41, 5.74) is 5.13. The van der Waals surface area contributed by atoms with Gasteiger partial charge in [0.15, 0.2) is 0 Å². The fourth-order valence-corrected chi connectivity index (χ4v) is 3.86. The SMILES string of the molecule is CCN1CC(c2[nH]nc(-c3ccc(Cl)cc3)c2-c2ccncc2)CCC1=O. The van der Waals surface area contributed by atoms with Crippen LogP contribution in [0.5, 0.6) is 0 Å². The lowest BCUT2D eigenvalue weighted by molar-refractivity contribution is -0.133. The first-order valence-electron chi connectivity index (χ1n) is 9.19. The van der Waals surface area contributed by atoms with E-state index in [9.17, 15) is 4.79 Å². The molecule has 1 aliphatic rings. The van der Waals surface area contributed by atoms with Gasteiger partial charge in [0, 0.05) is 59.7 Å². The van der Waals surface area contributed by atoms with Gasteiger partial charge in [-0.2, -0.15) is 5.10 Å². The topological polar surface area (TPSA) is 61.9 Å². The Balaban J connectivity index is 1.80. The van der Waals surface area contributed by atoms with Crippen molar-refractivity contribution >= 4 is 17.5 Å². The molecule has 0 radical (unpaired) electrons. The van der Waals surface area contributed by atoms with Gasteiger partial charge in [-0.15, -0.1) is 0 Å². The molecule has 1 fully saturated rings. The molecule has 6 heteroatoms. The number of rotatable bonds is 4. The third-order valence-corrected chi connectivity index (χ3v) is 5.42. The van der Waals surface area contributed by atoms with Crippen molar-refractivity contribution < 1.29 is 4.79 Å². The van der Waals surface area contributed by atoms with E-state index in [1.165, 1.54) is 0 Å². The highest BCUT2D eigenvalue weighted by Crippen LogP contribution is 2.39. The van der Waals surface area contributed by atoms with Gasteiger partial charge in [-0.1, -0.05) is 23.7 Å². The Morgan fingerprint density at radius 1 is 1.15 bits per heavy atom. The van der Waals surface area contributed by atoms with Crippen molar-refractivity contribution in [2.75, 3.05) is 13.1 Å². The Morgan fingerprint density at radius 2 is 1.89 bits per heavy atom. The summed E-state index contributed by atoms with van der Waals surface area (Å²) in [6, 6.07) is 11.7. The lowest BCUT2D eigenvalue weighted by Gasteiger charge is -2.31. The number of amides is 1. The molecule has 1 amide bonds. The van der Waals surface area contributed by atoms with Crippen molar-refractivity contribution in [3.8, 4) is 22.4 Å². The predicted molar refractivity (Wildman–Crippen MR) is 106 cm³/mol. The van der Waals surface area contributed by atoms with Crippen molar-refractivity contribution in [1.82, 2.24) is 20.1 Å². The van der Waals surface area contributed by atoms with E-state index < -0.39 is 0 Å². The van der Waals surface area contributed by atoms with Gasteiger partial charge < -0.3 is 4.90 Å². The van der Waals surface area contributed by atoms with Crippen LogP contribution < -0.4 is 0 Å². The first kappa shape index (κ1) is 17.7. The van der Waals surface area contributed by atoms with Crippen LogP contribution in [0, 0.1) is 0 Å². The Hall–Kier alpha value is -2.66. The highest BCUT2D eigenvalue weighted by atomic mass is 35.5. The summed E-state index contributed by atoms with van der Waals surface area (Å²) in [6.45, 7) is 3.48. The Labute approximate surface area is 163 Å². The molecule has 0 aliphatic carbocycles. The lowest BCUT2D eigenvalue weighted by atomic mass is 9.88. The largest absolute Gasteiger partial charge is 0.342 e. The maximum Gasteiger partial charge on any atom is 0.222 e. The maximum atomic E-state index is 12.1. The highest BCUT2D eigenvalue weighted by Gasteiger charge is 2.30. The molecule has 3 heterocycles. The van der Waals surface area contributed by atoms with Crippen LogP contribution in [0.25, 0.3) is 22.4 Å². The number of likely N-dealkylation sites (N-methyl/N-ethyl adjacent to an activating group) is 1. The van der Waals surface area contributed by atoms with Gasteiger partial charge >= 0.3 is 0 Å². The number of H-pyrrole nitrogens is 1. The molecular formula is C21H21ClN4O. The number of benzene rings is 1. The number of aromatic nitrogens is 3. The molecular weight excluding hydrogens is 360 g/mol. The van der Waals surface area contributed by atoms with Crippen LogP contribution in [-0.4, -0.2) is 39.1 Å². The summed E-state index contributed by atoms with van der Waals surface area (Å²) in [4.78, 5) is 18.2. The molecule has 4 rings (SSSR count). The van der Waals surface area contributed by atoms with Gasteiger partial charge in [0.2, 0.25) is 5.91 Å². The number of piperidine rings is 1. The molecule has 1 aromatic carbocycles. The third-order valence-electron chi connectivity index (χ3n) is 5.17. The van der Waals surface area contributed by atoms with Crippen LogP contribution in [0.1, 0.15) is 31.4 Å². The van der Waals surface area contributed by atoms with Gasteiger partial charge in [-0.05, 0) is 43.2 Å². The predicted octanol–water partition coefficient (Wildman–Crippen LogP) is 4.52. The first-order valence-corrected chi connectivity index (χ1v) is 9.57. The van der Waals surface area contributed by atoms with Crippen molar-refractivity contribution in [2.24, 2.45) is 0 Å². The van der Waals surface area contributed by atoms with E-state index in [0.29, 0.717) is 11.4 Å². The number of nitrogens with one attached hydrogen (secondary N) is 1. The van der Waals surface area contributed by atoms with Crippen LogP contribution in [0.4, 0.5) is 0 Å². The number of hydrogen-bond acceptors (Lipinski definition) is 3. The smallest absolute Gasteiger partial charge is 0.222 e. The number of pyridine rings is 1. The summed E-state index contributed by atoms with van der Waals surface area (Å²) < 4.78 is 0. The molecule has 3 aromatic rings. The van der Waals surface area contributed by atoms with E-state index in [0.717, 1.165) is 47.6 Å². The second kappa shape index (κ2) is 7.53. The van der Waals surface area contributed by atoms with Gasteiger partial charge in [0.25, 0.3) is 0 Å². The van der Waals surface area contributed by atoms with Crippen LogP contribution in [-0.2, 0) is 4.79 Å². The molecule has 1 unspecified atom stereocenters. The van der Waals surface area contributed by atoms with Crippen molar-refractivity contribution in [3.63, 3.8) is 0 Å². The molecule has 1 atom stereocenters. The summed E-state index contributed by atoms with van der Waals surface area (Å²) in [7, 11) is 0. The zero-order valence-electron chi connectivity index (χ0n) is 15.2. The molecule has 0 bridgehead atoms. The van der Waals surface area contributed by atoms with Crippen LogP contribution in [0.3, 0.4) is 0 Å². The summed E-state index contributed by atoms with van der Waals surface area (Å²) in [5.74, 6) is 0.469. The van der Waals surface area contributed by atoms with Crippen LogP contribution in [0.15, 0.2) is 48.8 Å². The lowest BCUT2D eigenvalue weighted by Crippen LogP contribution is -2.39. The molecule has 1 N–H and O–H groups in total. The van der Waals surface area contributed by atoms with E-state index in [1.807, 2.05) is 48.2 Å². The fourth-order valence-electron chi connectivity index (χ4n) is 3.73. The van der Waals surface area contributed by atoms with E-state index in [4.69, 9.17) is 11.6 Å². The maximum absolute atomic E-state index is 12.1. The van der Waals surface area contributed by atoms with Crippen molar-refractivity contribution in [1.29, 1.82) is 0 Å². The monoisotopic (exact) mass is 380 g/mol. The van der Waals surface area contributed by atoms with Gasteiger partial charge in [-0.3, -0.25) is 14.9 Å². The summed E-state index contributed by atoms with van der Waals surface area (Å²) in [6.07, 6.45) is 4.99. The summed E-state index contributed by atoms with van der Waals surface area (Å²) in [5, 5.41) is 8.62. The number of hydrogen-bond donors (Lipinski definition) is 1. The first-order chi connectivity index (χ1) is 13.2. The van der Waals surface area contributed by atoms with E-state index in [2.05, 4.69) is 15.2 Å². The normalized spacial score (nSPS) is 17.3. The number of carbonyl (C=O) groups is 1. The van der Waals surface area contributed by atoms with Gasteiger partial charge in [0.1, 0.15) is 5.69 Å². The van der Waals surface area contributed by atoms with Crippen molar-refractivity contribution in [3.05, 3.63) is 59.5 Å². The molecule has 138 valence electrons. The van der Waals surface area contributed by atoms with E-state index in [1.54, 1.807) is 12.4 Å². The number of likely N-dealkylation sites (tertiary alicyclic amines) is 1. The highest BCUT2D eigenvalue weighted by molar-refractivity contribution is 6.30. The van der Waals surface area contributed by atoms with Gasteiger partial charge in [-0.25, -0.2) is 0 Å². The minimum atomic E-state index is 0.233. The Kier molecular flexibility index (Phi) is 4.94. The van der Waals surface area contributed by atoms with Crippen molar-refractivity contribution in [2.45, 2.75) is 25.7 Å². The van der Waals surface area contributed by atoms with Gasteiger partial charge in [0.05, 0.1) is 0 Å². The number of aromatic amines is 1. The molecule has 5 nitrogen and oxygen atoms in total. The number of nitrogens with zero attached hydrogens (tertiary/aromatic N) is 3. The molecule has 1 saturated heterocycles. The molecule has 2 aromatic heterocycles. The van der Waals surface area contributed by atoms with E-state index in [-0.39, 0.29) is 11.8 Å². The summed E-state index contributed by atoms with van der Waals surface area (Å²) >= 11 is 6.05. The second-order valence-corrected chi connectivity index (χ2v) is 7.21. The minimum Gasteiger partial charge on any atom is -0.342 e. The standard InChI is InChI=1S/C21H21ClN4O/c1-2-26-13-16(5-8-18(26)27)21-19(14-9-11-23-12-10-14)20(24-25-21)15-3-6-17(22)7-4-15/h3-4,6-7,9-12,16H,2,5,8,13H2,1H3,(H,24,25). The Bertz CT molecular complexity index is 937. The molecule has 27 heavy (non-hydrogen) atoms. The second-order valence-electron chi connectivity index (χ2n) is 6.77. The van der Waals surface area contributed by atoms with Crippen LogP contribution in [0.2, 0.25) is 5.02 Å². The number of carbonyl (C=O) groups excluding carboxylic acids is 1.